The SMILES string of the molecule is O=C(NCCCc1ccc(Cl)c(Cl)c1)C1CN(Cc2cc(Cl)cc(Cl)c2)C(=O)C1=O. The summed E-state index contributed by atoms with van der Waals surface area (Å²) < 4.78 is 0. The van der Waals surface area contributed by atoms with E-state index < -0.39 is 23.5 Å². The van der Waals surface area contributed by atoms with E-state index in [2.05, 4.69) is 5.32 Å². The summed E-state index contributed by atoms with van der Waals surface area (Å²) in [5.41, 5.74) is 1.69. The van der Waals surface area contributed by atoms with Gasteiger partial charge in [-0.05, 0) is 54.3 Å². The second kappa shape index (κ2) is 10.0. The number of hydrogen-bond donors (Lipinski definition) is 1. The van der Waals surface area contributed by atoms with Gasteiger partial charge in [0, 0.05) is 29.7 Å². The van der Waals surface area contributed by atoms with Gasteiger partial charge in [-0.1, -0.05) is 52.5 Å². The van der Waals surface area contributed by atoms with Crippen LogP contribution in [-0.2, 0) is 27.3 Å². The van der Waals surface area contributed by atoms with Gasteiger partial charge in [0.2, 0.25) is 11.7 Å². The Hall–Kier alpha value is -1.79. The van der Waals surface area contributed by atoms with Crippen molar-refractivity contribution in [3.8, 4) is 0 Å². The number of rotatable bonds is 7. The molecule has 0 spiro atoms. The third-order valence-corrected chi connectivity index (χ3v) is 5.93. The first-order valence-electron chi connectivity index (χ1n) is 9.24. The van der Waals surface area contributed by atoms with Crippen LogP contribution in [0.2, 0.25) is 20.1 Å². The maximum atomic E-state index is 12.4. The Morgan fingerprint density at radius 3 is 2.33 bits per heavy atom. The van der Waals surface area contributed by atoms with Crippen LogP contribution in [0.5, 0.6) is 0 Å². The fraction of sp³-hybridized carbons (Fsp3) is 0.286. The Morgan fingerprint density at radius 1 is 0.967 bits per heavy atom. The number of halogens is 4. The summed E-state index contributed by atoms with van der Waals surface area (Å²) in [6.45, 7) is 0.563. The molecule has 1 saturated heterocycles. The standard InChI is InChI=1S/C21H18Cl4N2O3/c22-14-6-13(7-15(23)9-14)10-27-11-16(19(28)21(27)30)20(29)26-5-1-2-12-3-4-17(24)18(25)8-12/h3-4,6-9,16H,1-2,5,10-11H2,(H,26,29). The van der Waals surface area contributed by atoms with Crippen molar-refractivity contribution >= 4 is 64.0 Å². The molecule has 2 aromatic carbocycles. The average Bonchev–Trinajstić information content (AvgIpc) is 2.95. The van der Waals surface area contributed by atoms with Crippen molar-refractivity contribution in [3.63, 3.8) is 0 Å². The lowest BCUT2D eigenvalue weighted by Gasteiger charge is -2.16. The molecule has 2 aromatic rings. The molecule has 5 nitrogen and oxygen atoms in total. The van der Waals surface area contributed by atoms with E-state index >= 15 is 0 Å². The number of benzene rings is 2. The van der Waals surface area contributed by atoms with Crippen LogP contribution in [-0.4, -0.2) is 35.6 Å². The topological polar surface area (TPSA) is 66.5 Å². The highest BCUT2D eigenvalue weighted by Gasteiger charge is 2.42. The second-order valence-electron chi connectivity index (χ2n) is 7.02. The summed E-state index contributed by atoms with van der Waals surface area (Å²) in [5.74, 6) is -2.85. The summed E-state index contributed by atoms with van der Waals surface area (Å²) in [6, 6.07) is 10.3. The monoisotopic (exact) mass is 486 g/mol. The predicted octanol–water partition coefficient (Wildman–Crippen LogP) is 4.58. The Labute approximate surface area is 194 Å². The average molecular weight is 488 g/mol. The minimum Gasteiger partial charge on any atom is -0.355 e. The second-order valence-corrected chi connectivity index (χ2v) is 8.71. The molecule has 3 rings (SSSR count). The van der Waals surface area contributed by atoms with Crippen molar-refractivity contribution in [2.45, 2.75) is 19.4 Å². The van der Waals surface area contributed by atoms with Gasteiger partial charge in [-0.3, -0.25) is 14.4 Å². The van der Waals surface area contributed by atoms with Gasteiger partial charge in [0.05, 0.1) is 10.0 Å². The Kier molecular flexibility index (Phi) is 7.64. The number of hydrogen-bond acceptors (Lipinski definition) is 3. The zero-order valence-electron chi connectivity index (χ0n) is 15.8. The molecule has 2 amide bonds. The molecule has 0 radical (unpaired) electrons. The van der Waals surface area contributed by atoms with Gasteiger partial charge in [0.1, 0.15) is 5.92 Å². The lowest BCUT2D eigenvalue weighted by Crippen LogP contribution is -2.36. The molecule has 1 unspecified atom stereocenters. The summed E-state index contributed by atoms with van der Waals surface area (Å²) in [4.78, 5) is 38.3. The van der Waals surface area contributed by atoms with Crippen LogP contribution in [0, 0.1) is 5.92 Å². The minimum absolute atomic E-state index is 0.0282. The van der Waals surface area contributed by atoms with Crippen LogP contribution in [0.4, 0.5) is 0 Å². The van der Waals surface area contributed by atoms with E-state index in [0.29, 0.717) is 45.0 Å². The van der Waals surface area contributed by atoms with E-state index in [0.717, 1.165) is 5.56 Å². The number of likely N-dealkylation sites (tertiary alicyclic amines) is 1. The van der Waals surface area contributed by atoms with Gasteiger partial charge < -0.3 is 10.2 Å². The fourth-order valence-electron chi connectivity index (χ4n) is 3.27. The van der Waals surface area contributed by atoms with Gasteiger partial charge in [-0.25, -0.2) is 0 Å². The Bertz CT molecular complexity index is 976. The van der Waals surface area contributed by atoms with E-state index in [4.69, 9.17) is 46.4 Å². The van der Waals surface area contributed by atoms with Crippen molar-refractivity contribution in [2.24, 2.45) is 5.92 Å². The van der Waals surface area contributed by atoms with Gasteiger partial charge in [0.25, 0.3) is 5.91 Å². The van der Waals surface area contributed by atoms with Gasteiger partial charge >= 0.3 is 0 Å². The molecule has 0 aromatic heterocycles. The van der Waals surface area contributed by atoms with Crippen molar-refractivity contribution < 1.29 is 14.4 Å². The molecule has 30 heavy (non-hydrogen) atoms. The number of nitrogens with zero attached hydrogens (tertiary/aromatic N) is 1. The van der Waals surface area contributed by atoms with Crippen molar-refractivity contribution in [1.82, 2.24) is 10.2 Å². The molecular formula is C21H18Cl4N2O3. The number of amides is 2. The molecule has 0 aliphatic carbocycles. The first kappa shape index (κ1) is 22.9. The number of Topliss-reactive ketones (excluding diaryl/α,β-unsaturated/α-hetero) is 1. The van der Waals surface area contributed by atoms with Crippen molar-refractivity contribution in [3.05, 3.63) is 67.6 Å². The predicted molar refractivity (Wildman–Crippen MR) is 118 cm³/mol. The molecule has 158 valence electrons. The van der Waals surface area contributed by atoms with Crippen LogP contribution in [0.15, 0.2) is 36.4 Å². The van der Waals surface area contributed by atoms with E-state index in [1.54, 1.807) is 30.3 Å². The molecular weight excluding hydrogens is 470 g/mol. The molecule has 1 atom stereocenters. The summed E-state index contributed by atoms with van der Waals surface area (Å²) in [6.07, 6.45) is 1.35. The van der Waals surface area contributed by atoms with Crippen LogP contribution in [0.3, 0.4) is 0 Å². The lowest BCUT2D eigenvalue weighted by molar-refractivity contribution is -0.142. The third-order valence-electron chi connectivity index (χ3n) is 4.76. The molecule has 0 bridgehead atoms. The Morgan fingerprint density at radius 2 is 1.67 bits per heavy atom. The highest BCUT2D eigenvalue weighted by Crippen LogP contribution is 2.24. The van der Waals surface area contributed by atoms with E-state index in [1.165, 1.54) is 4.90 Å². The number of carbonyl (C=O) groups excluding carboxylic acids is 3. The zero-order valence-corrected chi connectivity index (χ0v) is 18.8. The molecule has 1 heterocycles. The maximum Gasteiger partial charge on any atom is 0.291 e. The minimum atomic E-state index is -1.02. The number of ketones is 1. The largest absolute Gasteiger partial charge is 0.355 e. The van der Waals surface area contributed by atoms with Crippen LogP contribution >= 0.6 is 46.4 Å². The van der Waals surface area contributed by atoms with E-state index in [-0.39, 0.29) is 13.1 Å². The molecule has 1 fully saturated rings. The van der Waals surface area contributed by atoms with Gasteiger partial charge in [-0.15, -0.1) is 0 Å². The molecule has 1 aliphatic heterocycles. The first-order valence-corrected chi connectivity index (χ1v) is 10.8. The first-order chi connectivity index (χ1) is 14.2. The number of aryl methyl sites for hydroxylation is 1. The quantitative estimate of drug-likeness (QED) is 0.353. The zero-order chi connectivity index (χ0) is 21.8. The fourth-order valence-corrected chi connectivity index (χ4v) is 4.17. The normalized spacial score (nSPS) is 16.3. The maximum absolute atomic E-state index is 12.4. The summed E-state index contributed by atoms with van der Waals surface area (Å²) in [5, 5.41) is 4.58. The highest BCUT2D eigenvalue weighted by atomic mass is 35.5. The molecule has 1 N–H and O–H groups in total. The van der Waals surface area contributed by atoms with Crippen molar-refractivity contribution in [1.29, 1.82) is 0 Å². The summed E-state index contributed by atoms with van der Waals surface area (Å²) in [7, 11) is 0. The van der Waals surface area contributed by atoms with Gasteiger partial charge in [-0.2, -0.15) is 0 Å². The van der Waals surface area contributed by atoms with Gasteiger partial charge in [0.15, 0.2) is 0 Å². The number of nitrogens with one attached hydrogen (secondary N) is 1. The molecule has 9 heteroatoms. The highest BCUT2D eigenvalue weighted by molar-refractivity contribution is 6.42. The lowest BCUT2D eigenvalue weighted by atomic mass is 10.1. The summed E-state index contributed by atoms with van der Waals surface area (Å²) >= 11 is 23.8. The number of carbonyl (C=O) groups is 3. The molecule has 1 aliphatic rings. The van der Waals surface area contributed by atoms with Crippen LogP contribution in [0.1, 0.15) is 17.5 Å². The van der Waals surface area contributed by atoms with Crippen molar-refractivity contribution in [2.75, 3.05) is 13.1 Å². The van der Waals surface area contributed by atoms with E-state index in [9.17, 15) is 14.4 Å². The third kappa shape index (κ3) is 5.67. The molecule has 0 saturated carbocycles. The Balaban J connectivity index is 1.51. The van der Waals surface area contributed by atoms with E-state index in [1.807, 2.05) is 6.07 Å². The van der Waals surface area contributed by atoms with Crippen LogP contribution < -0.4 is 5.32 Å². The smallest absolute Gasteiger partial charge is 0.291 e. The van der Waals surface area contributed by atoms with Crippen LogP contribution in [0.25, 0.3) is 0 Å².